The van der Waals surface area contributed by atoms with Crippen molar-refractivity contribution < 1.29 is 0 Å². The topological polar surface area (TPSA) is 24.9 Å². The number of benzene rings is 1. The number of rotatable bonds is 1. The molecule has 0 spiro atoms. The number of nitrogens with zero attached hydrogens (tertiary/aromatic N) is 1. The maximum Gasteiger partial charge on any atom is 0.157 e. The van der Waals surface area contributed by atoms with E-state index in [1.807, 2.05) is 0 Å². The molecule has 1 aromatic heterocycles. The molecule has 0 bridgehead atoms. The van der Waals surface area contributed by atoms with Crippen molar-refractivity contribution in [2.24, 2.45) is 5.92 Å². The Morgan fingerprint density at radius 2 is 2.29 bits per heavy atom. The van der Waals surface area contributed by atoms with Crippen molar-refractivity contribution in [1.29, 1.82) is 0 Å². The number of aromatic nitrogens is 1. The first kappa shape index (κ1) is 11.2. The summed E-state index contributed by atoms with van der Waals surface area (Å²) in [5.74, 6) is 0.796. The lowest BCUT2D eigenvalue weighted by Gasteiger charge is -2.28. The van der Waals surface area contributed by atoms with E-state index in [-0.39, 0.29) is 0 Å². The van der Waals surface area contributed by atoms with Crippen molar-refractivity contribution in [3.05, 3.63) is 23.8 Å². The molecule has 1 fully saturated rings. The number of thiazole rings is 1. The Labute approximate surface area is 107 Å². The second-order valence-corrected chi connectivity index (χ2v) is 5.98. The number of hydrogen-bond acceptors (Lipinski definition) is 3. The third-order valence-electron chi connectivity index (χ3n) is 3.49. The normalized spacial score (nSPS) is 25.2. The van der Waals surface area contributed by atoms with Crippen LogP contribution in [0, 0.1) is 5.92 Å². The third-order valence-corrected chi connectivity index (χ3v) is 4.36. The molecule has 17 heavy (non-hydrogen) atoms. The average molecular weight is 242 g/mol. The second kappa shape index (κ2) is 4.43. The van der Waals surface area contributed by atoms with Crippen LogP contribution in [-0.2, 0) is 0 Å². The van der Waals surface area contributed by atoms with Crippen LogP contribution in [0.25, 0.3) is 10.2 Å². The van der Waals surface area contributed by atoms with Crippen LogP contribution in [0.2, 0.25) is 0 Å². The van der Waals surface area contributed by atoms with Crippen molar-refractivity contribution in [3.8, 4) is 0 Å². The molecule has 0 unspecified atom stereocenters. The summed E-state index contributed by atoms with van der Waals surface area (Å²) in [6.07, 6.45) is 2.52. The Hall–Kier alpha value is -0.865. The van der Waals surface area contributed by atoms with Crippen LogP contribution in [0.4, 0.5) is 0 Å². The van der Waals surface area contributed by atoms with E-state index in [2.05, 4.69) is 35.4 Å². The van der Waals surface area contributed by atoms with E-state index < -0.39 is 0 Å². The van der Waals surface area contributed by atoms with E-state index in [1.165, 1.54) is 23.1 Å². The zero-order valence-corrected chi connectivity index (χ0v) is 10.8. The molecule has 1 aliphatic heterocycles. The van der Waals surface area contributed by atoms with Crippen LogP contribution >= 0.6 is 11.3 Å². The SMILES string of the molecule is [B]c1nc2cc([C@H]3CC[C@H](C)CN3)ccc2s1. The van der Waals surface area contributed by atoms with Crippen LogP contribution in [0.1, 0.15) is 31.4 Å². The number of fused-ring (bicyclic) bond motifs is 1. The first-order valence-electron chi connectivity index (χ1n) is 6.12. The Morgan fingerprint density at radius 3 is 3.06 bits per heavy atom. The molecule has 1 aromatic carbocycles. The molecule has 2 heterocycles. The van der Waals surface area contributed by atoms with Gasteiger partial charge in [-0.05, 0) is 43.0 Å². The van der Waals surface area contributed by atoms with Gasteiger partial charge in [-0.15, -0.1) is 11.3 Å². The minimum Gasteiger partial charge on any atom is -0.310 e. The minimum absolute atomic E-state index is 0.485. The highest BCUT2D eigenvalue weighted by Crippen LogP contribution is 2.28. The summed E-state index contributed by atoms with van der Waals surface area (Å²) in [6, 6.07) is 7.00. The molecule has 2 aromatic rings. The lowest BCUT2D eigenvalue weighted by atomic mass is 9.92. The fourth-order valence-electron chi connectivity index (χ4n) is 2.46. The van der Waals surface area contributed by atoms with Gasteiger partial charge in [0.15, 0.2) is 7.85 Å². The third kappa shape index (κ3) is 2.24. The summed E-state index contributed by atoms with van der Waals surface area (Å²) in [5, 5.41) is 3.60. The molecule has 1 N–H and O–H groups in total. The standard InChI is InChI=1S/C13H15BN2S/c1-8-2-4-10(15-7-8)9-3-5-12-11(6-9)16-13(14)17-12/h3,5-6,8,10,15H,2,4,7H2,1H3/t8-,10+/m0/s1. The maximum absolute atomic E-state index is 5.73. The van der Waals surface area contributed by atoms with Gasteiger partial charge in [0.05, 0.1) is 10.2 Å². The maximum atomic E-state index is 5.73. The van der Waals surface area contributed by atoms with Crippen LogP contribution in [0.15, 0.2) is 18.2 Å². The Kier molecular flexibility index (Phi) is 2.93. The number of nitrogens with one attached hydrogen (secondary N) is 1. The van der Waals surface area contributed by atoms with Gasteiger partial charge in [-0.25, -0.2) is 0 Å². The summed E-state index contributed by atoms with van der Waals surface area (Å²) in [5.41, 5.74) is 2.38. The average Bonchev–Trinajstić information content (AvgIpc) is 2.69. The van der Waals surface area contributed by atoms with Crippen LogP contribution in [-0.4, -0.2) is 19.4 Å². The van der Waals surface area contributed by atoms with Crippen molar-refractivity contribution in [3.63, 3.8) is 0 Å². The highest BCUT2D eigenvalue weighted by Gasteiger charge is 2.19. The van der Waals surface area contributed by atoms with Crippen LogP contribution in [0.5, 0.6) is 0 Å². The molecule has 4 heteroatoms. The van der Waals surface area contributed by atoms with Crippen LogP contribution in [0.3, 0.4) is 0 Å². The molecule has 2 radical (unpaired) electrons. The number of hydrogen-bond donors (Lipinski definition) is 1. The van der Waals surface area contributed by atoms with Gasteiger partial charge in [-0.1, -0.05) is 13.0 Å². The van der Waals surface area contributed by atoms with Gasteiger partial charge in [0.25, 0.3) is 0 Å². The molecule has 3 rings (SSSR count). The molecule has 1 aliphatic rings. The zero-order chi connectivity index (χ0) is 11.8. The molecule has 2 atom stereocenters. The number of piperidine rings is 1. The fraction of sp³-hybridized carbons (Fsp3) is 0.462. The second-order valence-electron chi connectivity index (χ2n) is 4.92. The minimum atomic E-state index is 0.485. The van der Waals surface area contributed by atoms with Gasteiger partial charge in [-0.2, -0.15) is 0 Å². The monoisotopic (exact) mass is 242 g/mol. The van der Waals surface area contributed by atoms with E-state index in [0.29, 0.717) is 10.9 Å². The summed E-state index contributed by atoms with van der Waals surface area (Å²) < 4.78 is 1.18. The van der Waals surface area contributed by atoms with Crippen molar-refractivity contribution in [2.75, 3.05) is 6.54 Å². The predicted molar refractivity (Wildman–Crippen MR) is 74.1 cm³/mol. The molecule has 86 valence electrons. The highest BCUT2D eigenvalue weighted by atomic mass is 32.1. The zero-order valence-electron chi connectivity index (χ0n) is 9.94. The van der Waals surface area contributed by atoms with Gasteiger partial charge in [-0.3, -0.25) is 4.98 Å². The summed E-state index contributed by atoms with van der Waals surface area (Å²) >= 11 is 1.55. The van der Waals surface area contributed by atoms with E-state index >= 15 is 0 Å². The summed E-state index contributed by atoms with van der Waals surface area (Å²) in [4.78, 5) is 5.01. The van der Waals surface area contributed by atoms with Crippen molar-refractivity contribution >= 4 is 34.3 Å². The molecule has 0 aliphatic carbocycles. The van der Waals surface area contributed by atoms with E-state index in [0.717, 1.165) is 18.0 Å². The summed E-state index contributed by atoms with van der Waals surface area (Å²) in [6.45, 7) is 3.41. The first-order chi connectivity index (χ1) is 8.22. The molecule has 0 amide bonds. The lowest BCUT2D eigenvalue weighted by Crippen LogP contribution is -2.31. The molecule has 0 saturated carbocycles. The fourth-order valence-corrected chi connectivity index (χ4v) is 3.18. The molecular formula is C13H15BN2S. The molecule has 1 saturated heterocycles. The van der Waals surface area contributed by atoms with E-state index in [9.17, 15) is 0 Å². The smallest absolute Gasteiger partial charge is 0.157 e. The van der Waals surface area contributed by atoms with E-state index in [1.54, 1.807) is 11.3 Å². The largest absolute Gasteiger partial charge is 0.310 e. The van der Waals surface area contributed by atoms with Crippen molar-refractivity contribution in [2.45, 2.75) is 25.8 Å². The van der Waals surface area contributed by atoms with Gasteiger partial charge < -0.3 is 5.32 Å². The lowest BCUT2D eigenvalue weighted by molar-refractivity contribution is 0.333. The predicted octanol–water partition coefficient (Wildman–Crippen LogP) is 2.15. The first-order valence-corrected chi connectivity index (χ1v) is 6.93. The summed E-state index contributed by atoms with van der Waals surface area (Å²) in [7, 11) is 5.73. The Balaban J connectivity index is 1.89. The van der Waals surface area contributed by atoms with Gasteiger partial charge in [0, 0.05) is 10.9 Å². The molecular weight excluding hydrogens is 227 g/mol. The Morgan fingerprint density at radius 1 is 1.41 bits per heavy atom. The van der Waals surface area contributed by atoms with E-state index in [4.69, 9.17) is 7.85 Å². The van der Waals surface area contributed by atoms with Crippen molar-refractivity contribution in [1.82, 2.24) is 10.3 Å². The highest BCUT2D eigenvalue weighted by molar-refractivity contribution is 7.25. The van der Waals surface area contributed by atoms with Gasteiger partial charge in [0.2, 0.25) is 0 Å². The van der Waals surface area contributed by atoms with Crippen LogP contribution < -0.4 is 10.2 Å². The van der Waals surface area contributed by atoms with Gasteiger partial charge >= 0.3 is 0 Å². The Bertz CT molecular complexity index is 529. The quantitative estimate of drug-likeness (QED) is 0.775. The van der Waals surface area contributed by atoms with Gasteiger partial charge in [0.1, 0.15) is 0 Å². The molecule has 2 nitrogen and oxygen atoms in total.